The number of aryl methyl sites for hydroxylation is 1. The molecular weight excluding hydrogens is 345 g/mol. The molecule has 0 N–H and O–H groups in total. The number of hydrogen-bond donors (Lipinski definition) is 0. The van der Waals surface area contributed by atoms with Gasteiger partial charge in [-0.3, -0.25) is 14.6 Å². The molecule has 0 fully saturated rings. The highest BCUT2D eigenvalue weighted by molar-refractivity contribution is 6.00. The van der Waals surface area contributed by atoms with E-state index in [-0.39, 0.29) is 12.5 Å². The smallest absolute Gasteiger partial charge is 0.286 e. The Hall–Kier alpha value is -3.28. The van der Waals surface area contributed by atoms with Crippen LogP contribution in [0.15, 0.2) is 59.8 Å². The van der Waals surface area contributed by atoms with Crippen molar-refractivity contribution in [2.24, 2.45) is 0 Å². The quantitative estimate of drug-likeness (QED) is 0.719. The fraction of sp³-hybridized carbons (Fsp3) is 0.190. The molecule has 1 aliphatic rings. The lowest BCUT2D eigenvalue weighted by Crippen LogP contribution is -2.31. The van der Waals surface area contributed by atoms with E-state index in [1.807, 2.05) is 24.3 Å². The van der Waals surface area contributed by atoms with E-state index >= 15 is 0 Å². The first kappa shape index (κ1) is 17.1. The molecule has 1 aromatic carbocycles. The minimum Gasteiger partial charge on any atom is -0.315 e. The largest absolute Gasteiger partial charge is 0.315 e. The van der Waals surface area contributed by atoms with Crippen molar-refractivity contribution < 1.29 is 9.18 Å². The first-order valence-corrected chi connectivity index (χ1v) is 8.72. The minimum atomic E-state index is -0.779. The molecule has 0 aliphatic carbocycles. The molecule has 0 unspecified atom stereocenters. The second-order valence-corrected chi connectivity index (χ2v) is 6.64. The molecule has 0 saturated carbocycles. The van der Waals surface area contributed by atoms with E-state index in [4.69, 9.17) is 0 Å². The standard InChI is InChI=1S/C21H18FN3O2/c1-24-19(26)8-7-15-4-2-5-17(20(15)24)16-10-14(11-23-12-16)13-25-9-3-6-18(22)21(25)27/h2-6,9-12H,7-8,13H2,1H3. The number of carbonyl (C=O) groups is 1. The lowest BCUT2D eigenvalue weighted by Gasteiger charge is -2.28. The Kier molecular flexibility index (Phi) is 4.32. The zero-order valence-corrected chi connectivity index (χ0v) is 14.9. The summed E-state index contributed by atoms with van der Waals surface area (Å²) >= 11 is 0. The molecule has 1 amide bonds. The van der Waals surface area contributed by atoms with Crippen LogP contribution in [0.2, 0.25) is 0 Å². The minimum absolute atomic E-state index is 0.0883. The molecule has 1 aliphatic heterocycles. The summed E-state index contributed by atoms with van der Waals surface area (Å²) in [4.78, 5) is 30.1. The predicted molar refractivity (Wildman–Crippen MR) is 101 cm³/mol. The predicted octanol–water partition coefficient (Wildman–Crippen LogP) is 3.01. The van der Waals surface area contributed by atoms with Crippen molar-refractivity contribution in [1.82, 2.24) is 9.55 Å². The van der Waals surface area contributed by atoms with Gasteiger partial charge in [-0.2, -0.15) is 0 Å². The SMILES string of the molecule is CN1C(=O)CCc2cccc(-c3cncc(Cn4cccc(F)c4=O)c3)c21. The number of benzene rings is 1. The first-order chi connectivity index (χ1) is 13.0. The summed E-state index contributed by atoms with van der Waals surface area (Å²) in [6.45, 7) is 0.223. The third kappa shape index (κ3) is 3.14. The molecule has 0 saturated heterocycles. The maximum atomic E-state index is 13.5. The molecule has 6 heteroatoms. The van der Waals surface area contributed by atoms with Crippen LogP contribution in [-0.4, -0.2) is 22.5 Å². The number of rotatable bonds is 3. The average molecular weight is 363 g/mol. The number of hydrogen-bond acceptors (Lipinski definition) is 3. The monoisotopic (exact) mass is 363 g/mol. The molecule has 2 aromatic heterocycles. The van der Waals surface area contributed by atoms with Crippen LogP contribution in [-0.2, 0) is 17.8 Å². The van der Waals surface area contributed by atoms with Crippen LogP contribution in [0.5, 0.6) is 0 Å². The van der Waals surface area contributed by atoms with Gasteiger partial charge in [0.15, 0.2) is 5.82 Å². The number of nitrogens with zero attached hydrogens (tertiary/aromatic N) is 3. The van der Waals surface area contributed by atoms with Crippen molar-refractivity contribution >= 4 is 11.6 Å². The van der Waals surface area contributed by atoms with Gasteiger partial charge in [-0.1, -0.05) is 18.2 Å². The average Bonchev–Trinajstić information content (AvgIpc) is 2.68. The third-order valence-corrected chi connectivity index (χ3v) is 4.87. The molecule has 5 nitrogen and oxygen atoms in total. The van der Waals surface area contributed by atoms with Gasteiger partial charge in [-0.05, 0) is 35.7 Å². The highest BCUT2D eigenvalue weighted by Gasteiger charge is 2.24. The maximum absolute atomic E-state index is 13.5. The number of aromatic nitrogens is 2. The Balaban J connectivity index is 1.75. The van der Waals surface area contributed by atoms with E-state index in [2.05, 4.69) is 4.98 Å². The van der Waals surface area contributed by atoms with Crippen LogP contribution < -0.4 is 10.5 Å². The number of halogens is 1. The summed E-state index contributed by atoms with van der Waals surface area (Å²) in [6.07, 6.45) is 6.17. The van der Waals surface area contributed by atoms with Crippen molar-refractivity contribution in [1.29, 1.82) is 0 Å². The Labute approximate surface area is 155 Å². The van der Waals surface area contributed by atoms with Crippen LogP contribution >= 0.6 is 0 Å². The Morgan fingerprint density at radius 3 is 2.81 bits per heavy atom. The van der Waals surface area contributed by atoms with E-state index in [1.54, 1.807) is 30.5 Å². The molecule has 0 spiro atoms. The molecule has 0 bridgehead atoms. The summed E-state index contributed by atoms with van der Waals surface area (Å²) in [7, 11) is 1.79. The summed E-state index contributed by atoms with van der Waals surface area (Å²) in [5, 5.41) is 0. The van der Waals surface area contributed by atoms with Crippen molar-refractivity contribution in [2.45, 2.75) is 19.4 Å². The highest BCUT2D eigenvalue weighted by atomic mass is 19.1. The molecule has 0 atom stereocenters. The van der Waals surface area contributed by atoms with Crippen molar-refractivity contribution in [3.8, 4) is 11.1 Å². The highest BCUT2D eigenvalue weighted by Crippen LogP contribution is 2.37. The Morgan fingerprint density at radius 1 is 1.11 bits per heavy atom. The molecule has 27 heavy (non-hydrogen) atoms. The second-order valence-electron chi connectivity index (χ2n) is 6.64. The van der Waals surface area contributed by atoms with Crippen molar-refractivity contribution in [2.75, 3.05) is 11.9 Å². The lowest BCUT2D eigenvalue weighted by atomic mass is 9.94. The fourth-order valence-corrected chi connectivity index (χ4v) is 3.51. The summed E-state index contributed by atoms with van der Waals surface area (Å²) in [5.74, 6) is -0.691. The number of anilines is 1. The lowest BCUT2D eigenvalue weighted by molar-refractivity contribution is -0.118. The van der Waals surface area contributed by atoms with Gasteiger partial charge in [0.25, 0.3) is 5.56 Å². The van der Waals surface area contributed by atoms with E-state index < -0.39 is 11.4 Å². The van der Waals surface area contributed by atoms with Crippen molar-refractivity contribution in [3.63, 3.8) is 0 Å². The van der Waals surface area contributed by atoms with E-state index in [1.165, 1.54) is 10.6 Å². The molecule has 3 aromatic rings. The molecule has 136 valence electrons. The van der Waals surface area contributed by atoms with Gasteiger partial charge in [-0.25, -0.2) is 4.39 Å². The molecular formula is C21H18FN3O2. The zero-order valence-electron chi connectivity index (χ0n) is 14.9. The number of carbonyl (C=O) groups excluding carboxylic acids is 1. The number of para-hydroxylation sites is 1. The second kappa shape index (κ2) is 6.79. The topological polar surface area (TPSA) is 55.2 Å². The Bertz CT molecular complexity index is 1090. The number of pyridine rings is 2. The van der Waals surface area contributed by atoms with E-state index in [9.17, 15) is 14.0 Å². The van der Waals surface area contributed by atoms with Crippen LogP contribution in [0.25, 0.3) is 11.1 Å². The molecule has 0 radical (unpaired) electrons. The zero-order chi connectivity index (χ0) is 19.0. The number of fused-ring (bicyclic) bond motifs is 1. The van der Waals surface area contributed by atoms with Crippen LogP contribution in [0, 0.1) is 5.82 Å². The van der Waals surface area contributed by atoms with Gasteiger partial charge in [0.05, 0.1) is 12.2 Å². The van der Waals surface area contributed by atoms with Gasteiger partial charge >= 0.3 is 0 Å². The van der Waals surface area contributed by atoms with Gasteiger partial charge in [0.2, 0.25) is 5.91 Å². The summed E-state index contributed by atoms with van der Waals surface area (Å²) in [5.41, 5.74) is 3.92. The summed E-state index contributed by atoms with van der Waals surface area (Å²) < 4.78 is 14.8. The van der Waals surface area contributed by atoms with E-state index in [0.29, 0.717) is 6.42 Å². The van der Waals surface area contributed by atoms with Crippen LogP contribution in [0.3, 0.4) is 0 Å². The first-order valence-electron chi connectivity index (χ1n) is 8.72. The fourth-order valence-electron chi connectivity index (χ4n) is 3.51. The molecule has 3 heterocycles. The molecule has 4 rings (SSSR count). The van der Waals surface area contributed by atoms with E-state index in [0.717, 1.165) is 40.4 Å². The number of amides is 1. The Morgan fingerprint density at radius 2 is 1.96 bits per heavy atom. The maximum Gasteiger partial charge on any atom is 0.286 e. The van der Waals surface area contributed by atoms with Gasteiger partial charge < -0.3 is 9.47 Å². The third-order valence-electron chi connectivity index (χ3n) is 4.87. The summed E-state index contributed by atoms with van der Waals surface area (Å²) in [6, 6.07) is 10.5. The normalized spacial score (nSPS) is 13.6. The van der Waals surface area contributed by atoms with Crippen LogP contribution in [0.4, 0.5) is 10.1 Å². The van der Waals surface area contributed by atoms with Crippen molar-refractivity contribution in [3.05, 3.63) is 82.3 Å². The van der Waals surface area contributed by atoms with Gasteiger partial charge in [-0.15, -0.1) is 0 Å². The van der Waals surface area contributed by atoms with Crippen LogP contribution in [0.1, 0.15) is 17.5 Å². The van der Waals surface area contributed by atoms with Gasteiger partial charge in [0.1, 0.15) is 0 Å². The van der Waals surface area contributed by atoms with Gasteiger partial charge in [0, 0.05) is 43.2 Å².